The summed E-state index contributed by atoms with van der Waals surface area (Å²) in [4.78, 5) is 18.6. The maximum atomic E-state index is 12.4. The van der Waals surface area contributed by atoms with E-state index in [2.05, 4.69) is 4.98 Å². The van der Waals surface area contributed by atoms with Crippen molar-refractivity contribution in [2.24, 2.45) is 0 Å². The van der Waals surface area contributed by atoms with Crippen LogP contribution in [0.5, 0.6) is 0 Å². The van der Waals surface area contributed by atoms with E-state index < -0.39 is 0 Å². The first-order valence-corrected chi connectivity index (χ1v) is 7.51. The largest absolute Gasteiger partial charge is 0.361 e. The van der Waals surface area contributed by atoms with E-state index in [9.17, 15) is 4.79 Å². The Bertz CT molecular complexity index is 618. The second kappa shape index (κ2) is 5.73. The first-order chi connectivity index (χ1) is 9.74. The molecule has 3 rings (SSSR count). The second-order valence-corrected chi connectivity index (χ2v) is 5.85. The number of hydrogen-bond acceptors (Lipinski definition) is 4. The molecule has 0 aliphatic carbocycles. The highest BCUT2D eigenvalue weighted by Gasteiger charge is 2.19. The van der Waals surface area contributed by atoms with Crippen molar-refractivity contribution >= 4 is 17.2 Å². The summed E-state index contributed by atoms with van der Waals surface area (Å²) in [6.45, 7) is 3.87. The Balaban J connectivity index is 1.85. The van der Waals surface area contributed by atoms with Crippen molar-refractivity contribution in [3.63, 3.8) is 0 Å². The lowest BCUT2D eigenvalue weighted by molar-refractivity contribution is -0.00570. The molecule has 1 aromatic heterocycles. The van der Waals surface area contributed by atoms with Gasteiger partial charge in [0.15, 0.2) is 0 Å². The third-order valence-corrected chi connectivity index (χ3v) is 4.05. The predicted octanol–water partition coefficient (Wildman–Crippen LogP) is 2.94. The number of thiazole rings is 1. The number of aryl methyl sites for hydroxylation is 1. The summed E-state index contributed by atoms with van der Waals surface area (Å²) in [5.74, 6) is 0.0264. The smallest absolute Gasteiger partial charge is 0.255 e. The number of nitrogens with zero attached hydrogens (tertiary/aromatic N) is 2. The molecule has 0 atom stereocenters. The normalized spacial score (nSPS) is 15.3. The van der Waals surface area contributed by atoms with Gasteiger partial charge in [-0.2, -0.15) is 0 Å². The molecule has 1 aliphatic heterocycles. The van der Waals surface area contributed by atoms with Gasteiger partial charge in [-0.1, -0.05) is 12.1 Å². The third-order valence-electron chi connectivity index (χ3n) is 3.28. The van der Waals surface area contributed by atoms with Gasteiger partial charge in [0, 0.05) is 23.1 Å². The van der Waals surface area contributed by atoms with E-state index >= 15 is 0 Å². The summed E-state index contributed by atoms with van der Waals surface area (Å²) >= 11 is 1.62. The molecule has 1 fully saturated rings. The van der Waals surface area contributed by atoms with Crippen LogP contribution in [0.25, 0.3) is 11.3 Å². The van der Waals surface area contributed by atoms with Crippen LogP contribution in [0.1, 0.15) is 21.8 Å². The molecule has 1 saturated heterocycles. The maximum absolute atomic E-state index is 12.4. The SMILES string of the molecule is Cc1nc(-c2cccc(C(=O)N3CCCOC3)c2)cs1. The molecule has 5 heteroatoms. The Labute approximate surface area is 122 Å². The summed E-state index contributed by atoms with van der Waals surface area (Å²) in [7, 11) is 0. The van der Waals surface area contributed by atoms with Gasteiger partial charge in [-0.05, 0) is 25.5 Å². The van der Waals surface area contributed by atoms with Crippen LogP contribution in [-0.4, -0.2) is 35.7 Å². The Morgan fingerprint density at radius 1 is 1.45 bits per heavy atom. The molecule has 0 saturated carbocycles. The van der Waals surface area contributed by atoms with Crippen molar-refractivity contribution in [3.8, 4) is 11.3 Å². The number of carbonyl (C=O) groups is 1. The van der Waals surface area contributed by atoms with Crippen LogP contribution < -0.4 is 0 Å². The van der Waals surface area contributed by atoms with Crippen molar-refractivity contribution in [1.29, 1.82) is 0 Å². The summed E-state index contributed by atoms with van der Waals surface area (Å²) in [5, 5.41) is 3.05. The highest BCUT2D eigenvalue weighted by atomic mass is 32.1. The van der Waals surface area contributed by atoms with E-state index in [1.54, 1.807) is 16.2 Å². The lowest BCUT2D eigenvalue weighted by atomic mass is 10.1. The summed E-state index contributed by atoms with van der Waals surface area (Å²) < 4.78 is 5.34. The fourth-order valence-corrected chi connectivity index (χ4v) is 2.87. The molecule has 2 aromatic rings. The van der Waals surface area contributed by atoms with Gasteiger partial charge in [-0.25, -0.2) is 4.98 Å². The molecule has 20 heavy (non-hydrogen) atoms. The molecule has 1 aliphatic rings. The highest BCUT2D eigenvalue weighted by Crippen LogP contribution is 2.23. The molecule has 0 radical (unpaired) electrons. The maximum Gasteiger partial charge on any atom is 0.255 e. The van der Waals surface area contributed by atoms with E-state index in [1.165, 1.54) is 0 Å². The zero-order valence-corrected chi connectivity index (χ0v) is 12.2. The predicted molar refractivity (Wildman–Crippen MR) is 78.8 cm³/mol. The number of benzene rings is 1. The molecular weight excluding hydrogens is 272 g/mol. The van der Waals surface area contributed by atoms with Crippen LogP contribution in [0, 0.1) is 6.92 Å². The molecule has 1 aromatic carbocycles. The van der Waals surface area contributed by atoms with Crippen LogP contribution >= 0.6 is 11.3 Å². The Hall–Kier alpha value is -1.72. The molecule has 2 heterocycles. The quantitative estimate of drug-likeness (QED) is 0.853. The summed E-state index contributed by atoms with van der Waals surface area (Å²) in [5.41, 5.74) is 2.61. The minimum atomic E-state index is 0.0264. The second-order valence-electron chi connectivity index (χ2n) is 4.79. The van der Waals surface area contributed by atoms with Gasteiger partial charge in [-0.15, -0.1) is 11.3 Å². The molecule has 0 N–H and O–H groups in total. The first-order valence-electron chi connectivity index (χ1n) is 6.63. The van der Waals surface area contributed by atoms with E-state index in [1.807, 2.05) is 36.6 Å². The third kappa shape index (κ3) is 2.73. The van der Waals surface area contributed by atoms with Crippen molar-refractivity contribution in [3.05, 3.63) is 40.2 Å². The van der Waals surface area contributed by atoms with Crippen LogP contribution in [0.4, 0.5) is 0 Å². The van der Waals surface area contributed by atoms with Crippen LogP contribution in [0.2, 0.25) is 0 Å². The van der Waals surface area contributed by atoms with Gasteiger partial charge in [0.1, 0.15) is 6.73 Å². The molecule has 104 valence electrons. The van der Waals surface area contributed by atoms with Crippen molar-refractivity contribution in [2.45, 2.75) is 13.3 Å². The average Bonchev–Trinajstić information content (AvgIpc) is 2.94. The fraction of sp³-hybridized carbons (Fsp3) is 0.333. The monoisotopic (exact) mass is 288 g/mol. The number of hydrogen-bond donors (Lipinski definition) is 0. The van der Waals surface area contributed by atoms with E-state index in [4.69, 9.17) is 4.74 Å². The standard InChI is InChI=1S/C15H16N2O2S/c1-11-16-14(9-20-11)12-4-2-5-13(8-12)15(18)17-6-3-7-19-10-17/h2,4-5,8-9H,3,6-7,10H2,1H3. The number of aromatic nitrogens is 1. The lowest BCUT2D eigenvalue weighted by Gasteiger charge is -2.26. The summed E-state index contributed by atoms with van der Waals surface area (Å²) in [6.07, 6.45) is 0.900. The first kappa shape index (κ1) is 13.3. The fourth-order valence-electron chi connectivity index (χ4n) is 2.25. The Morgan fingerprint density at radius 3 is 3.05 bits per heavy atom. The van der Waals surface area contributed by atoms with Gasteiger partial charge in [0.05, 0.1) is 17.3 Å². The molecule has 0 bridgehead atoms. The topological polar surface area (TPSA) is 42.4 Å². The Kier molecular flexibility index (Phi) is 3.80. The van der Waals surface area contributed by atoms with E-state index in [-0.39, 0.29) is 5.91 Å². The molecule has 1 amide bonds. The minimum absolute atomic E-state index is 0.0264. The highest BCUT2D eigenvalue weighted by molar-refractivity contribution is 7.09. The summed E-state index contributed by atoms with van der Waals surface area (Å²) in [6, 6.07) is 7.64. The number of ether oxygens (including phenoxy) is 1. The number of carbonyl (C=O) groups excluding carboxylic acids is 1. The van der Waals surface area contributed by atoms with Gasteiger partial charge < -0.3 is 9.64 Å². The van der Waals surface area contributed by atoms with Gasteiger partial charge >= 0.3 is 0 Å². The van der Waals surface area contributed by atoms with Crippen LogP contribution in [0.3, 0.4) is 0 Å². The molecular formula is C15H16N2O2S. The van der Waals surface area contributed by atoms with Crippen LogP contribution in [0.15, 0.2) is 29.6 Å². The zero-order valence-electron chi connectivity index (χ0n) is 11.3. The molecule has 4 nitrogen and oxygen atoms in total. The zero-order chi connectivity index (χ0) is 13.9. The molecule has 0 unspecified atom stereocenters. The number of amides is 1. The van der Waals surface area contributed by atoms with E-state index in [0.29, 0.717) is 12.3 Å². The van der Waals surface area contributed by atoms with Crippen molar-refractivity contribution < 1.29 is 9.53 Å². The Morgan fingerprint density at radius 2 is 2.35 bits per heavy atom. The van der Waals surface area contributed by atoms with Gasteiger partial charge in [-0.3, -0.25) is 4.79 Å². The van der Waals surface area contributed by atoms with Gasteiger partial charge in [0.2, 0.25) is 0 Å². The van der Waals surface area contributed by atoms with Crippen LogP contribution in [-0.2, 0) is 4.74 Å². The minimum Gasteiger partial charge on any atom is -0.361 e. The van der Waals surface area contributed by atoms with E-state index in [0.717, 1.165) is 35.8 Å². The van der Waals surface area contributed by atoms with Crippen molar-refractivity contribution in [2.75, 3.05) is 19.9 Å². The number of rotatable bonds is 2. The van der Waals surface area contributed by atoms with Crippen molar-refractivity contribution in [1.82, 2.24) is 9.88 Å². The molecule has 0 spiro atoms. The lowest BCUT2D eigenvalue weighted by Crippen LogP contribution is -2.38. The van der Waals surface area contributed by atoms with Gasteiger partial charge in [0.25, 0.3) is 5.91 Å². The average molecular weight is 288 g/mol.